The Labute approximate surface area is 114 Å². The number of halogens is 1. The van der Waals surface area contributed by atoms with E-state index in [1.54, 1.807) is 11.3 Å². The molecule has 0 aliphatic rings. The van der Waals surface area contributed by atoms with E-state index in [9.17, 15) is 0 Å². The molecule has 0 atom stereocenters. The number of aromatic nitrogens is 2. The van der Waals surface area contributed by atoms with Gasteiger partial charge >= 0.3 is 0 Å². The Hall–Kier alpha value is -0.520. The molecule has 6 heteroatoms. The van der Waals surface area contributed by atoms with Crippen molar-refractivity contribution >= 4 is 50.7 Å². The molecule has 1 N–H and O–H groups in total. The molecule has 2 aromatic heterocycles. The van der Waals surface area contributed by atoms with Crippen LogP contribution in [0.3, 0.4) is 0 Å². The lowest BCUT2D eigenvalue weighted by molar-refractivity contribution is 0.982. The quantitative estimate of drug-likeness (QED) is 0.670. The third-order valence-electron chi connectivity index (χ3n) is 2.31. The largest absolute Gasteiger partial charge is 0.369 e. The van der Waals surface area contributed by atoms with Gasteiger partial charge in [-0.1, -0.05) is 0 Å². The summed E-state index contributed by atoms with van der Waals surface area (Å²) in [6.45, 7) is 2.98. The van der Waals surface area contributed by atoms with Crippen molar-refractivity contribution in [2.45, 2.75) is 13.3 Å². The molecule has 0 bridgehead atoms. The normalized spacial score (nSPS) is 11.0. The number of rotatable bonds is 5. The first-order chi connectivity index (χ1) is 8.20. The Kier molecular flexibility index (Phi) is 4.48. The maximum absolute atomic E-state index is 5.91. The van der Waals surface area contributed by atoms with Crippen LogP contribution in [0.1, 0.15) is 11.3 Å². The second-order valence-electron chi connectivity index (χ2n) is 3.69. The molecule has 2 aromatic rings. The van der Waals surface area contributed by atoms with Crippen LogP contribution in [0.5, 0.6) is 0 Å². The number of nitrogens with zero attached hydrogens (tertiary/aromatic N) is 2. The Balaban J connectivity index is 2.19. The highest BCUT2D eigenvalue weighted by atomic mass is 35.5. The van der Waals surface area contributed by atoms with Crippen LogP contribution in [0.4, 0.5) is 5.82 Å². The average Bonchev–Trinajstić information content (AvgIpc) is 2.64. The zero-order chi connectivity index (χ0) is 12.3. The van der Waals surface area contributed by atoms with Crippen LogP contribution < -0.4 is 5.32 Å². The molecule has 0 spiro atoms. The predicted molar refractivity (Wildman–Crippen MR) is 78.7 cm³/mol. The van der Waals surface area contributed by atoms with Crippen molar-refractivity contribution in [2.75, 3.05) is 23.9 Å². The number of thioether (sulfide) groups is 1. The van der Waals surface area contributed by atoms with E-state index in [4.69, 9.17) is 11.6 Å². The van der Waals surface area contributed by atoms with Gasteiger partial charge in [-0.05, 0) is 43.0 Å². The van der Waals surface area contributed by atoms with E-state index in [1.165, 1.54) is 4.88 Å². The molecule has 0 aliphatic carbocycles. The third kappa shape index (κ3) is 3.24. The van der Waals surface area contributed by atoms with Gasteiger partial charge in [-0.3, -0.25) is 0 Å². The number of hydrogen-bond donors (Lipinski definition) is 1. The summed E-state index contributed by atoms with van der Waals surface area (Å²) in [7, 11) is 0. The predicted octanol–water partition coefficient (Wildman–Crippen LogP) is 3.82. The topological polar surface area (TPSA) is 37.8 Å². The van der Waals surface area contributed by atoms with Gasteiger partial charge in [-0.2, -0.15) is 11.8 Å². The van der Waals surface area contributed by atoms with Crippen molar-refractivity contribution in [1.82, 2.24) is 9.97 Å². The number of fused-ring (bicyclic) bond motifs is 1. The highest BCUT2D eigenvalue weighted by Gasteiger charge is 2.08. The van der Waals surface area contributed by atoms with Gasteiger partial charge in [-0.25, -0.2) is 9.97 Å². The first kappa shape index (κ1) is 12.9. The van der Waals surface area contributed by atoms with E-state index < -0.39 is 0 Å². The Morgan fingerprint density at radius 1 is 1.47 bits per heavy atom. The van der Waals surface area contributed by atoms with Gasteiger partial charge in [0.2, 0.25) is 5.28 Å². The van der Waals surface area contributed by atoms with Gasteiger partial charge < -0.3 is 5.32 Å². The fourth-order valence-corrected chi connectivity index (χ4v) is 3.11. The van der Waals surface area contributed by atoms with Crippen LogP contribution >= 0.6 is 34.7 Å². The third-order valence-corrected chi connectivity index (χ3v) is 4.12. The van der Waals surface area contributed by atoms with E-state index in [0.717, 1.165) is 34.8 Å². The SMILES string of the molecule is CSCCCNc1nc(Cl)nc2sc(C)cc12. The average molecular weight is 288 g/mol. The smallest absolute Gasteiger partial charge is 0.225 e. The minimum absolute atomic E-state index is 0.312. The molecule has 0 saturated carbocycles. The number of hydrogen-bond acceptors (Lipinski definition) is 5. The number of aryl methyl sites for hydroxylation is 1. The zero-order valence-electron chi connectivity index (χ0n) is 9.79. The molecule has 3 nitrogen and oxygen atoms in total. The van der Waals surface area contributed by atoms with Crippen molar-refractivity contribution in [2.24, 2.45) is 0 Å². The lowest BCUT2D eigenvalue weighted by Gasteiger charge is -2.06. The Bertz CT molecular complexity index is 513. The van der Waals surface area contributed by atoms with Gasteiger partial charge in [0.15, 0.2) is 0 Å². The number of nitrogens with one attached hydrogen (secondary N) is 1. The van der Waals surface area contributed by atoms with Crippen molar-refractivity contribution in [3.8, 4) is 0 Å². The van der Waals surface area contributed by atoms with Crippen LogP contribution in [0, 0.1) is 6.92 Å². The maximum atomic E-state index is 5.91. The summed E-state index contributed by atoms with van der Waals surface area (Å²) >= 11 is 9.41. The summed E-state index contributed by atoms with van der Waals surface area (Å²) in [5.74, 6) is 2.00. The molecule has 92 valence electrons. The Morgan fingerprint density at radius 3 is 3.06 bits per heavy atom. The van der Waals surface area contributed by atoms with E-state index in [-0.39, 0.29) is 0 Å². The van der Waals surface area contributed by atoms with Gasteiger partial charge in [-0.15, -0.1) is 11.3 Å². The van der Waals surface area contributed by atoms with Crippen molar-refractivity contribution in [1.29, 1.82) is 0 Å². The minimum atomic E-state index is 0.312. The van der Waals surface area contributed by atoms with E-state index in [1.807, 2.05) is 11.8 Å². The lowest BCUT2D eigenvalue weighted by Crippen LogP contribution is -2.05. The molecule has 0 unspecified atom stereocenters. The summed E-state index contributed by atoms with van der Waals surface area (Å²) in [5, 5.41) is 4.72. The molecule has 0 aromatic carbocycles. The highest BCUT2D eigenvalue weighted by Crippen LogP contribution is 2.29. The maximum Gasteiger partial charge on any atom is 0.225 e. The molecule has 0 fully saturated rings. The first-order valence-electron chi connectivity index (χ1n) is 5.37. The Morgan fingerprint density at radius 2 is 2.29 bits per heavy atom. The summed E-state index contributed by atoms with van der Waals surface area (Å²) in [4.78, 5) is 10.7. The van der Waals surface area contributed by atoms with Crippen LogP contribution in [0.25, 0.3) is 10.2 Å². The van der Waals surface area contributed by atoms with Crippen LogP contribution in [-0.4, -0.2) is 28.5 Å². The number of anilines is 1. The zero-order valence-corrected chi connectivity index (χ0v) is 12.2. The molecule has 2 rings (SSSR count). The van der Waals surface area contributed by atoms with Crippen molar-refractivity contribution < 1.29 is 0 Å². The number of thiophene rings is 1. The van der Waals surface area contributed by atoms with Gasteiger partial charge in [0.25, 0.3) is 0 Å². The summed E-state index contributed by atoms with van der Waals surface area (Å²) < 4.78 is 0. The molecule has 2 heterocycles. The van der Waals surface area contributed by atoms with Gasteiger partial charge in [0, 0.05) is 11.4 Å². The molecule has 0 amide bonds. The van der Waals surface area contributed by atoms with Crippen LogP contribution in [0.15, 0.2) is 6.07 Å². The van der Waals surface area contributed by atoms with E-state index in [2.05, 4.69) is 34.5 Å². The molecular formula is C11H14ClN3S2. The monoisotopic (exact) mass is 287 g/mol. The minimum Gasteiger partial charge on any atom is -0.369 e. The first-order valence-corrected chi connectivity index (χ1v) is 7.96. The van der Waals surface area contributed by atoms with Crippen molar-refractivity contribution in [3.63, 3.8) is 0 Å². The lowest BCUT2D eigenvalue weighted by atomic mass is 10.3. The van der Waals surface area contributed by atoms with Crippen LogP contribution in [-0.2, 0) is 0 Å². The summed E-state index contributed by atoms with van der Waals surface area (Å²) in [6, 6.07) is 2.10. The summed E-state index contributed by atoms with van der Waals surface area (Å²) in [6.07, 6.45) is 3.23. The highest BCUT2D eigenvalue weighted by molar-refractivity contribution is 7.98. The fourth-order valence-electron chi connectivity index (χ4n) is 1.57. The second-order valence-corrected chi connectivity index (χ2v) is 6.25. The molecule has 0 saturated heterocycles. The van der Waals surface area contributed by atoms with Gasteiger partial charge in [0.05, 0.1) is 5.39 Å². The van der Waals surface area contributed by atoms with Crippen molar-refractivity contribution in [3.05, 3.63) is 16.2 Å². The molecule has 17 heavy (non-hydrogen) atoms. The molecular weight excluding hydrogens is 274 g/mol. The van der Waals surface area contributed by atoms with E-state index >= 15 is 0 Å². The van der Waals surface area contributed by atoms with Gasteiger partial charge in [0.1, 0.15) is 10.6 Å². The fraction of sp³-hybridized carbons (Fsp3) is 0.455. The molecule has 0 radical (unpaired) electrons. The standard InChI is InChI=1S/C11H14ClN3S2/c1-7-6-8-9(13-4-3-5-16-2)14-11(12)15-10(8)17-7/h6H,3-5H2,1-2H3,(H,13,14,15). The van der Waals surface area contributed by atoms with E-state index in [0.29, 0.717) is 5.28 Å². The van der Waals surface area contributed by atoms with Crippen LogP contribution in [0.2, 0.25) is 5.28 Å². The second kappa shape index (κ2) is 5.89. The molecule has 0 aliphatic heterocycles. The summed E-state index contributed by atoms with van der Waals surface area (Å²) in [5.41, 5.74) is 0.